The smallest absolute Gasteiger partial charge is 0.179 e. The molecular weight excluding hydrogens is 356 g/mol. The normalized spacial score (nSPS) is 13.6. The number of aliphatic hydroxyl groups is 1. The molecule has 1 heterocycles. The minimum atomic E-state index is -0.895. The van der Waals surface area contributed by atoms with Crippen LogP contribution in [0.25, 0.3) is 0 Å². The summed E-state index contributed by atoms with van der Waals surface area (Å²) in [6.45, 7) is 2.43. The van der Waals surface area contributed by atoms with Crippen LogP contribution in [0, 0.1) is 11.3 Å². The van der Waals surface area contributed by atoms with E-state index in [2.05, 4.69) is 5.32 Å². The number of aliphatic hydroxyl groups excluding tert-OH is 1. The van der Waals surface area contributed by atoms with Crippen LogP contribution < -0.4 is 14.8 Å². The number of nitrogens with zero attached hydrogens (tertiary/aromatic N) is 1. The molecule has 134 valence electrons. The number of nitrogens with one attached hydrogen (secondary N) is 1. The molecule has 0 saturated heterocycles. The Morgan fingerprint density at radius 1 is 1.35 bits per heavy atom. The predicted molar refractivity (Wildman–Crippen MR) is 97.1 cm³/mol. The lowest BCUT2D eigenvalue weighted by Gasteiger charge is -2.22. The summed E-state index contributed by atoms with van der Waals surface area (Å²) >= 11 is 6.20. The van der Waals surface area contributed by atoms with E-state index in [9.17, 15) is 9.90 Å². The fourth-order valence-corrected chi connectivity index (χ4v) is 2.99. The Bertz CT molecular complexity index is 892. The molecule has 0 fully saturated rings. The summed E-state index contributed by atoms with van der Waals surface area (Å²) in [4.78, 5) is 11.8. The Balaban J connectivity index is 1.79. The van der Waals surface area contributed by atoms with Gasteiger partial charge in [0.05, 0.1) is 22.8 Å². The van der Waals surface area contributed by atoms with Crippen molar-refractivity contribution in [2.45, 2.75) is 13.0 Å². The average molecular weight is 373 g/mol. The number of hydrogen-bond donors (Lipinski definition) is 2. The van der Waals surface area contributed by atoms with Crippen LogP contribution in [0.2, 0.25) is 5.02 Å². The molecule has 2 N–H and O–H groups in total. The van der Waals surface area contributed by atoms with Crippen LogP contribution in [0.1, 0.15) is 34.5 Å². The monoisotopic (exact) mass is 372 g/mol. The van der Waals surface area contributed by atoms with Gasteiger partial charge in [-0.05, 0) is 42.8 Å². The molecule has 26 heavy (non-hydrogen) atoms. The van der Waals surface area contributed by atoms with Crippen molar-refractivity contribution in [1.29, 1.82) is 5.26 Å². The highest BCUT2D eigenvalue weighted by molar-refractivity contribution is 6.32. The zero-order valence-electron chi connectivity index (χ0n) is 14.1. The van der Waals surface area contributed by atoms with Crippen LogP contribution in [0.15, 0.2) is 30.3 Å². The van der Waals surface area contributed by atoms with E-state index in [1.165, 1.54) is 6.92 Å². The second-order valence-corrected chi connectivity index (χ2v) is 6.26. The molecule has 0 saturated carbocycles. The van der Waals surface area contributed by atoms with Crippen molar-refractivity contribution >= 4 is 23.1 Å². The number of ether oxygens (including phenoxy) is 2. The van der Waals surface area contributed by atoms with Gasteiger partial charge in [-0.1, -0.05) is 11.6 Å². The standard InChI is InChI=1S/C19H17ClN2O4/c1-11(23)14-3-2-12(9-21)6-16(14)22-10-17(24)13-7-15(20)19-18(8-13)25-4-5-26-19/h2-3,6-8,17,22,24H,4-5,10H2,1H3. The first kappa shape index (κ1) is 18.1. The predicted octanol–water partition coefficient (Wildman–Crippen LogP) is 3.33. The molecule has 2 aromatic carbocycles. The van der Waals surface area contributed by atoms with E-state index in [0.29, 0.717) is 52.1 Å². The number of nitriles is 1. The molecule has 1 aliphatic rings. The van der Waals surface area contributed by atoms with E-state index < -0.39 is 6.10 Å². The van der Waals surface area contributed by atoms with Crippen molar-refractivity contribution in [3.63, 3.8) is 0 Å². The molecule has 6 nitrogen and oxygen atoms in total. The van der Waals surface area contributed by atoms with Gasteiger partial charge in [0.15, 0.2) is 17.3 Å². The van der Waals surface area contributed by atoms with E-state index in [1.807, 2.05) is 6.07 Å². The minimum Gasteiger partial charge on any atom is -0.486 e. The second kappa shape index (κ2) is 7.65. The van der Waals surface area contributed by atoms with Crippen molar-refractivity contribution in [2.24, 2.45) is 0 Å². The third-order valence-electron chi connectivity index (χ3n) is 4.02. The van der Waals surface area contributed by atoms with E-state index in [-0.39, 0.29) is 12.3 Å². The summed E-state index contributed by atoms with van der Waals surface area (Å²) in [5.74, 6) is 0.838. The number of benzene rings is 2. The summed E-state index contributed by atoms with van der Waals surface area (Å²) in [7, 11) is 0. The number of fused-ring (bicyclic) bond motifs is 1. The summed E-state index contributed by atoms with van der Waals surface area (Å²) in [6.07, 6.45) is -0.895. The van der Waals surface area contributed by atoms with Gasteiger partial charge in [0.25, 0.3) is 0 Å². The molecule has 7 heteroatoms. The van der Waals surface area contributed by atoms with Crippen LogP contribution >= 0.6 is 11.6 Å². The molecule has 0 amide bonds. The number of halogens is 1. The number of rotatable bonds is 5. The topological polar surface area (TPSA) is 91.6 Å². The lowest BCUT2D eigenvalue weighted by Crippen LogP contribution is -2.17. The summed E-state index contributed by atoms with van der Waals surface area (Å²) in [5.41, 5.74) is 1.94. The summed E-state index contributed by atoms with van der Waals surface area (Å²) in [5, 5.41) is 22.9. The number of carbonyl (C=O) groups excluding carboxylic acids is 1. The number of Topliss-reactive ketones (excluding diaryl/α,β-unsaturated/α-hetero) is 1. The molecule has 1 aliphatic heterocycles. The zero-order chi connectivity index (χ0) is 18.7. The van der Waals surface area contributed by atoms with Gasteiger partial charge in [0.2, 0.25) is 0 Å². The molecule has 1 atom stereocenters. The van der Waals surface area contributed by atoms with Crippen LogP contribution in [-0.2, 0) is 0 Å². The molecular formula is C19H17ClN2O4. The number of anilines is 1. The summed E-state index contributed by atoms with van der Waals surface area (Å²) < 4.78 is 11.0. The van der Waals surface area contributed by atoms with E-state index >= 15 is 0 Å². The lowest BCUT2D eigenvalue weighted by atomic mass is 10.0. The van der Waals surface area contributed by atoms with E-state index in [0.717, 1.165) is 0 Å². The van der Waals surface area contributed by atoms with Gasteiger partial charge < -0.3 is 19.9 Å². The van der Waals surface area contributed by atoms with Gasteiger partial charge in [-0.25, -0.2) is 0 Å². The molecule has 0 radical (unpaired) electrons. The van der Waals surface area contributed by atoms with Crippen LogP contribution in [0.3, 0.4) is 0 Å². The molecule has 3 rings (SSSR count). The van der Waals surface area contributed by atoms with Crippen molar-refractivity contribution in [3.05, 3.63) is 52.0 Å². The fourth-order valence-electron chi connectivity index (χ4n) is 2.71. The largest absolute Gasteiger partial charge is 0.486 e. The Hall–Kier alpha value is -2.75. The number of ketones is 1. The SMILES string of the molecule is CC(=O)c1ccc(C#N)cc1NCC(O)c1cc(Cl)c2c(c1)OCCO2. The van der Waals surface area contributed by atoms with Gasteiger partial charge in [-0.2, -0.15) is 5.26 Å². The van der Waals surface area contributed by atoms with Gasteiger partial charge in [0, 0.05) is 17.8 Å². The second-order valence-electron chi connectivity index (χ2n) is 5.85. The van der Waals surface area contributed by atoms with Gasteiger partial charge in [0.1, 0.15) is 13.2 Å². The van der Waals surface area contributed by atoms with E-state index in [1.54, 1.807) is 30.3 Å². The Kier molecular flexibility index (Phi) is 5.31. The third-order valence-corrected chi connectivity index (χ3v) is 4.30. The highest BCUT2D eigenvalue weighted by Crippen LogP contribution is 2.39. The van der Waals surface area contributed by atoms with Crippen LogP contribution in [0.4, 0.5) is 5.69 Å². The maximum Gasteiger partial charge on any atom is 0.179 e. The molecule has 0 aliphatic carbocycles. The van der Waals surface area contributed by atoms with Crippen molar-refractivity contribution in [2.75, 3.05) is 25.1 Å². The summed E-state index contributed by atoms with van der Waals surface area (Å²) in [6, 6.07) is 10.1. The Morgan fingerprint density at radius 3 is 2.85 bits per heavy atom. The van der Waals surface area contributed by atoms with Crippen molar-refractivity contribution in [3.8, 4) is 17.6 Å². The minimum absolute atomic E-state index is 0.130. The van der Waals surface area contributed by atoms with Gasteiger partial charge >= 0.3 is 0 Å². The van der Waals surface area contributed by atoms with E-state index in [4.69, 9.17) is 26.3 Å². The molecule has 1 unspecified atom stereocenters. The average Bonchev–Trinajstić information content (AvgIpc) is 2.65. The molecule has 0 aromatic heterocycles. The molecule has 2 aromatic rings. The van der Waals surface area contributed by atoms with Crippen LogP contribution in [0.5, 0.6) is 11.5 Å². The van der Waals surface area contributed by atoms with Crippen molar-refractivity contribution in [1.82, 2.24) is 0 Å². The highest BCUT2D eigenvalue weighted by atomic mass is 35.5. The third kappa shape index (κ3) is 3.74. The lowest BCUT2D eigenvalue weighted by molar-refractivity contribution is 0.101. The quantitative estimate of drug-likeness (QED) is 0.782. The van der Waals surface area contributed by atoms with Crippen molar-refractivity contribution < 1.29 is 19.4 Å². The Morgan fingerprint density at radius 2 is 2.12 bits per heavy atom. The zero-order valence-corrected chi connectivity index (χ0v) is 14.8. The first-order valence-electron chi connectivity index (χ1n) is 8.05. The first-order chi connectivity index (χ1) is 12.5. The number of hydrogen-bond acceptors (Lipinski definition) is 6. The Labute approximate surface area is 155 Å². The highest BCUT2D eigenvalue weighted by Gasteiger charge is 2.20. The first-order valence-corrected chi connectivity index (χ1v) is 8.43. The fraction of sp³-hybridized carbons (Fsp3) is 0.263. The molecule has 0 spiro atoms. The maximum atomic E-state index is 11.8. The number of carbonyl (C=O) groups is 1. The van der Waals surface area contributed by atoms with Crippen LogP contribution in [-0.4, -0.2) is 30.6 Å². The maximum absolute atomic E-state index is 11.8. The van der Waals surface area contributed by atoms with Gasteiger partial charge in [-0.3, -0.25) is 4.79 Å². The molecule has 0 bridgehead atoms. The van der Waals surface area contributed by atoms with Gasteiger partial charge in [-0.15, -0.1) is 0 Å².